The highest BCUT2D eigenvalue weighted by Crippen LogP contribution is 2.40. The molecule has 0 saturated carbocycles. The molecule has 0 aliphatic heterocycles. The van der Waals surface area contributed by atoms with Crippen LogP contribution in [0.5, 0.6) is 5.88 Å². The largest absolute Gasteiger partial charge is 0.525 e. The molecule has 1 atom stereocenters. The van der Waals surface area contributed by atoms with E-state index in [0.717, 1.165) is 12.1 Å². The minimum absolute atomic E-state index is 0.0856. The molecule has 1 aromatic heterocycles. The van der Waals surface area contributed by atoms with Crippen LogP contribution in [0.3, 0.4) is 0 Å². The van der Waals surface area contributed by atoms with Crippen molar-refractivity contribution in [3.05, 3.63) is 33.7 Å². The van der Waals surface area contributed by atoms with Crippen molar-refractivity contribution < 1.29 is 53.4 Å². The van der Waals surface area contributed by atoms with Gasteiger partial charge >= 0.3 is 25.0 Å². The van der Waals surface area contributed by atoms with Gasteiger partial charge in [-0.15, -0.1) is 30.0 Å². The van der Waals surface area contributed by atoms with Gasteiger partial charge in [0.15, 0.2) is 5.15 Å². The molecule has 0 aliphatic carbocycles. The molecule has 1 unspecified atom stereocenters. The van der Waals surface area contributed by atoms with Gasteiger partial charge in [-0.1, -0.05) is 23.2 Å². The van der Waals surface area contributed by atoms with Gasteiger partial charge in [0.25, 0.3) is 5.88 Å². The summed E-state index contributed by atoms with van der Waals surface area (Å²) >= 11 is 11.7. The van der Waals surface area contributed by atoms with Gasteiger partial charge in [-0.2, -0.15) is 22.0 Å². The SMILES string of the molecule is Cc1cc(F)c(-n2nc(OC(F)(F)C(F)OC(F)(F)F)c(Cl)c2Cl)cc1SCC(F)(F)F. The molecule has 0 N–H and O–H groups in total. The molecular formula is C15H8Cl2F10N2O2S. The highest BCUT2D eigenvalue weighted by Gasteiger charge is 2.51. The molecule has 2 aromatic rings. The van der Waals surface area contributed by atoms with E-state index in [0.29, 0.717) is 4.68 Å². The van der Waals surface area contributed by atoms with Crippen LogP contribution >= 0.6 is 35.0 Å². The first kappa shape index (κ1) is 26.7. The molecule has 180 valence electrons. The number of nitrogens with zero attached hydrogens (tertiary/aromatic N) is 2. The second-order valence-electron chi connectivity index (χ2n) is 5.84. The number of thioether (sulfide) groups is 1. The van der Waals surface area contributed by atoms with E-state index in [1.807, 2.05) is 0 Å². The van der Waals surface area contributed by atoms with Crippen molar-refractivity contribution in [2.24, 2.45) is 0 Å². The summed E-state index contributed by atoms with van der Waals surface area (Å²) in [7, 11) is 0. The Morgan fingerprint density at radius 2 is 1.69 bits per heavy atom. The molecule has 0 saturated heterocycles. The van der Waals surface area contributed by atoms with Gasteiger partial charge in [-0.25, -0.2) is 18.2 Å². The van der Waals surface area contributed by atoms with Crippen molar-refractivity contribution in [2.45, 2.75) is 36.8 Å². The van der Waals surface area contributed by atoms with Crippen molar-refractivity contribution >= 4 is 35.0 Å². The number of halogens is 12. The van der Waals surface area contributed by atoms with E-state index >= 15 is 0 Å². The topological polar surface area (TPSA) is 36.3 Å². The summed E-state index contributed by atoms with van der Waals surface area (Å²) < 4.78 is 135. The fourth-order valence-corrected chi connectivity index (χ4v) is 3.23. The van der Waals surface area contributed by atoms with Gasteiger partial charge < -0.3 is 4.74 Å². The fourth-order valence-electron chi connectivity index (χ4n) is 2.07. The maximum absolute atomic E-state index is 14.4. The average Bonchev–Trinajstić information content (AvgIpc) is 2.86. The van der Waals surface area contributed by atoms with Gasteiger partial charge in [0.1, 0.15) is 16.5 Å². The fraction of sp³-hybridized carbons (Fsp3) is 0.400. The molecule has 0 radical (unpaired) electrons. The lowest BCUT2D eigenvalue weighted by molar-refractivity contribution is -0.411. The van der Waals surface area contributed by atoms with Crippen LogP contribution < -0.4 is 4.74 Å². The minimum atomic E-state index is -5.78. The lowest BCUT2D eigenvalue weighted by Crippen LogP contribution is -2.41. The van der Waals surface area contributed by atoms with Crippen LogP contribution in [0.15, 0.2) is 17.0 Å². The van der Waals surface area contributed by atoms with Crippen molar-refractivity contribution in [1.82, 2.24) is 9.78 Å². The van der Waals surface area contributed by atoms with Gasteiger partial charge in [-0.05, 0) is 24.6 Å². The number of benzene rings is 1. The van der Waals surface area contributed by atoms with Crippen LogP contribution in [0.2, 0.25) is 10.2 Å². The van der Waals surface area contributed by atoms with E-state index in [4.69, 9.17) is 23.2 Å². The standard InChI is InChI=1S/C15H8Cl2F10N2O2S/c1-5-2-6(18)7(3-8(5)32-4-13(20,21)22)29-10(17)9(16)11(28-29)30-14(23,24)12(19)31-15(25,26)27/h2-3,12H,4H2,1H3. The second-order valence-corrected chi connectivity index (χ2v) is 7.59. The maximum Gasteiger partial charge on any atom is 0.525 e. The number of hydrogen-bond acceptors (Lipinski definition) is 4. The minimum Gasteiger partial charge on any atom is -0.407 e. The number of hydrogen-bond donors (Lipinski definition) is 0. The Balaban J connectivity index is 2.40. The summed E-state index contributed by atoms with van der Waals surface area (Å²) in [4.78, 5) is -0.0865. The van der Waals surface area contributed by atoms with Crippen LogP contribution in [0.1, 0.15) is 5.56 Å². The zero-order valence-electron chi connectivity index (χ0n) is 15.1. The Morgan fingerprint density at radius 3 is 2.22 bits per heavy atom. The third-order valence-corrected chi connectivity index (χ3v) is 5.35. The maximum atomic E-state index is 14.4. The Morgan fingerprint density at radius 1 is 1.09 bits per heavy atom. The van der Waals surface area contributed by atoms with Crippen molar-refractivity contribution in [3.8, 4) is 11.6 Å². The number of aryl methyl sites for hydroxylation is 1. The first-order valence-corrected chi connectivity index (χ1v) is 9.55. The molecule has 17 heteroatoms. The number of rotatable bonds is 7. The molecule has 0 spiro atoms. The summed E-state index contributed by atoms with van der Waals surface area (Å²) in [6, 6.07) is 1.65. The van der Waals surface area contributed by atoms with Crippen molar-refractivity contribution in [3.63, 3.8) is 0 Å². The first-order valence-electron chi connectivity index (χ1n) is 7.81. The highest BCUT2D eigenvalue weighted by molar-refractivity contribution is 7.99. The quantitative estimate of drug-likeness (QED) is 0.277. The highest BCUT2D eigenvalue weighted by atomic mass is 35.5. The van der Waals surface area contributed by atoms with Crippen LogP contribution in [-0.4, -0.2) is 40.5 Å². The summed E-state index contributed by atoms with van der Waals surface area (Å²) in [6.07, 6.45) is -19.9. The lowest BCUT2D eigenvalue weighted by atomic mass is 10.2. The molecule has 1 aromatic carbocycles. The molecule has 1 heterocycles. The van der Waals surface area contributed by atoms with E-state index in [1.54, 1.807) is 0 Å². The van der Waals surface area contributed by atoms with Crippen LogP contribution in [0.25, 0.3) is 5.69 Å². The van der Waals surface area contributed by atoms with Gasteiger partial charge in [0.2, 0.25) is 0 Å². The van der Waals surface area contributed by atoms with Crippen molar-refractivity contribution in [1.29, 1.82) is 0 Å². The van der Waals surface area contributed by atoms with Gasteiger partial charge in [0, 0.05) is 4.90 Å². The van der Waals surface area contributed by atoms with Crippen LogP contribution in [0, 0.1) is 12.7 Å². The number of ether oxygens (including phenoxy) is 2. The Kier molecular flexibility index (Phi) is 7.79. The summed E-state index contributed by atoms with van der Waals surface area (Å²) in [6.45, 7) is 1.29. The predicted octanol–water partition coefficient (Wildman–Crippen LogP) is 7.08. The lowest BCUT2D eigenvalue weighted by Gasteiger charge is -2.21. The zero-order chi connectivity index (χ0) is 24.6. The smallest absolute Gasteiger partial charge is 0.407 e. The normalized spacial score (nSPS) is 14.0. The van der Waals surface area contributed by atoms with E-state index in [1.165, 1.54) is 6.92 Å². The molecule has 0 amide bonds. The second kappa shape index (κ2) is 9.35. The molecule has 32 heavy (non-hydrogen) atoms. The third kappa shape index (κ3) is 6.71. The monoisotopic (exact) mass is 540 g/mol. The van der Waals surface area contributed by atoms with E-state index in [-0.39, 0.29) is 22.2 Å². The van der Waals surface area contributed by atoms with Crippen molar-refractivity contribution in [2.75, 3.05) is 5.75 Å². The number of aromatic nitrogens is 2. The molecule has 0 aliphatic rings. The Bertz CT molecular complexity index is 981. The number of alkyl halides is 9. The first-order chi connectivity index (χ1) is 14.4. The van der Waals surface area contributed by atoms with Gasteiger partial charge in [-0.3, -0.25) is 0 Å². The Labute approximate surface area is 186 Å². The Hall–Kier alpha value is -1.58. The van der Waals surface area contributed by atoms with Gasteiger partial charge in [0.05, 0.1) is 5.75 Å². The molecule has 0 fully saturated rings. The van der Waals surface area contributed by atoms with E-state index in [2.05, 4.69) is 14.6 Å². The summed E-state index contributed by atoms with van der Waals surface area (Å²) in [5.41, 5.74) is -0.573. The third-order valence-electron chi connectivity index (χ3n) is 3.34. The van der Waals surface area contributed by atoms with Crippen LogP contribution in [0.4, 0.5) is 43.9 Å². The average molecular weight is 541 g/mol. The summed E-state index contributed by atoms with van der Waals surface area (Å²) in [5, 5.41) is 1.48. The molecular weight excluding hydrogens is 533 g/mol. The predicted molar refractivity (Wildman–Crippen MR) is 92.7 cm³/mol. The molecule has 0 bridgehead atoms. The van der Waals surface area contributed by atoms with Crippen LogP contribution in [-0.2, 0) is 4.74 Å². The molecule has 4 nitrogen and oxygen atoms in total. The molecule has 2 rings (SSSR count). The van der Waals surface area contributed by atoms with E-state index < -0.39 is 58.3 Å². The zero-order valence-corrected chi connectivity index (χ0v) is 17.4. The van der Waals surface area contributed by atoms with E-state index in [9.17, 15) is 43.9 Å². The summed E-state index contributed by atoms with van der Waals surface area (Å²) in [5.74, 6) is -3.87.